The van der Waals surface area contributed by atoms with Crippen molar-refractivity contribution < 1.29 is 4.79 Å². The predicted octanol–water partition coefficient (Wildman–Crippen LogP) is 1.03. The molecule has 5 heteroatoms. The summed E-state index contributed by atoms with van der Waals surface area (Å²) in [7, 11) is 3.53. The molecule has 0 saturated carbocycles. The van der Waals surface area contributed by atoms with Gasteiger partial charge in [-0.05, 0) is 0 Å². The highest BCUT2D eigenvalue weighted by Crippen LogP contribution is 2.15. The lowest BCUT2D eigenvalue weighted by molar-refractivity contribution is -0.128. The summed E-state index contributed by atoms with van der Waals surface area (Å²) >= 11 is 1.56. The summed E-state index contributed by atoms with van der Waals surface area (Å²) in [6.45, 7) is 0. The molecule has 74 valence electrons. The van der Waals surface area contributed by atoms with Crippen LogP contribution < -0.4 is 0 Å². The maximum Gasteiger partial charge on any atom is 0.228 e. The zero-order chi connectivity index (χ0) is 10.1. The number of hydrogen-bond donors (Lipinski definition) is 0. The van der Waals surface area contributed by atoms with Gasteiger partial charge in [-0.15, -0.1) is 11.3 Å². The molecule has 2 rings (SSSR count). The highest BCUT2D eigenvalue weighted by Gasteiger charge is 2.10. The Morgan fingerprint density at radius 2 is 2.43 bits per heavy atom. The third kappa shape index (κ3) is 1.50. The second-order valence-electron chi connectivity index (χ2n) is 3.27. The van der Waals surface area contributed by atoms with Gasteiger partial charge in [-0.25, -0.2) is 4.98 Å². The van der Waals surface area contributed by atoms with Gasteiger partial charge in [0.2, 0.25) is 5.91 Å². The van der Waals surface area contributed by atoms with Crippen LogP contribution in [0.3, 0.4) is 0 Å². The summed E-state index contributed by atoms with van der Waals surface area (Å²) in [6.07, 6.45) is 4.06. The zero-order valence-electron chi connectivity index (χ0n) is 8.10. The lowest BCUT2D eigenvalue weighted by Gasteiger charge is -2.08. The largest absolute Gasteiger partial charge is 0.348 e. The number of aromatic nitrogens is 2. The van der Waals surface area contributed by atoms with Crippen molar-refractivity contribution in [3.8, 4) is 0 Å². The molecule has 0 fully saturated rings. The van der Waals surface area contributed by atoms with Gasteiger partial charge < -0.3 is 4.90 Å². The number of hydrogen-bond acceptors (Lipinski definition) is 3. The van der Waals surface area contributed by atoms with Gasteiger partial charge in [-0.1, -0.05) is 0 Å². The molecule has 0 aromatic carbocycles. The summed E-state index contributed by atoms with van der Waals surface area (Å²) in [5.41, 5.74) is 1.00. The SMILES string of the molecule is CN(C)C(=O)Cc1csc2nccn12. The standard InChI is InChI=1S/C9H11N3OS/c1-11(2)8(13)5-7-6-14-9-10-3-4-12(7)9/h3-4,6H,5H2,1-2H3. The summed E-state index contributed by atoms with van der Waals surface area (Å²) in [4.78, 5) is 18.2. The van der Waals surface area contributed by atoms with Gasteiger partial charge in [0.1, 0.15) is 0 Å². The molecule has 2 aromatic rings. The van der Waals surface area contributed by atoms with Crippen LogP contribution in [0.4, 0.5) is 0 Å². The van der Waals surface area contributed by atoms with Crippen LogP contribution in [-0.4, -0.2) is 34.3 Å². The van der Waals surface area contributed by atoms with Crippen molar-refractivity contribution in [3.05, 3.63) is 23.5 Å². The number of amides is 1. The van der Waals surface area contributed by atoms with Crippen LogP contribution in [0.1, 0.15) is 5.69 Å². The summed E-state index contributed by atoms with van der Waals surface area (Å²) < 4.78 is 1.95. The van der Waals surface area contributed by atoms with Crippen molar-refractivity contribution in [1.29, 1.82) is 0 Å². The van der Waals surface area contributed by atoms with Crippen LogP contribution in [-0.2, 0) is 11.2 Å². The van der Waals surface area contributed by atoms with Gasteiger partial charge in [-0.3, -0.25) is 9.20 Å². The molecule has 4 nitrogen and oxygen atoms in total. The summed E-state index contributed by atoms with van der Waals surface area (Å²) in [5, 5.41) is 1.98. The Morgan fingerprint density at radius 3 is 3.14 bits per heavy atom. The summed E-state index contributed by atoms with van der Waals surface area (Å²) in [5.74, 6) is 0.110. The molecule has 2 heterocycles. The van der Waals surface area contributed by atoms with Gasteiger partial charge in [0, 0.05) is 37.6 Å². The average Bonchev–Trinajstić information content (AvgIpc) is 2.69. The molecule has 2 aromatic heterocycles. The quantitative estimate of drug-likeness (QED) is 0.740. The molecule has 0 aliphatic rings. The number of imidazole rings is 1. The average molecular weight is 209 g/mol. The van der Waals surface area contributed by atoms with Crippen molar-refractivity contribution in [1.82, 2.24) is 14.3 Å². The lowest BCUT2D eigenvalue weighted by atomic mass is 10.3. The molecular weight excluding hydrogens is 198 g/mol. The first-order chi connectivity index (χ1) is 6.68. The second-order valence-corrected chi connectivity index (χ2v) is 4.11. The van der Waals surface area contributed by atoms with E-state index in [1.54, 1.807) is 36.5 Å². The third-order valence-corrected chi connectivity index (χ3v) is 2.95. The minimum atomic E-state index is 0.110. The summed E-state index contributed by atoms with van der Waals surface area (Å²) in [6, 6.07) is 0. The monoisotopic (exact) mass is 209 g/mol. The number of carbonyl (C=O) groups excluding carboxylic acids is 1. The first-order valence-electron chi connectivity index (χ1n) is 4.28. The first-order valence-corrected chi connectivity index (χ1v) is 5.16. The van der Waals surface area contributed by atoms with Crippen LogP contribution in [0.5, 0.6) is 0 Å². The second kappa shape index (κ2) is 3.42. The Balaban J connectivity index is 2.27. The number of rotatable bonds is 2. The molecule has 0 N–H and O–H groups in total. The number of fused-ring (bicyclic) bond motifs is 1. The molecule has 0 aliphatic carbocycles. The van der Waals surface area contributed by atoms with Crippen molar-refractivity contribution >= 4 is 22.2 Å². The molecule has 1 amide bonds. The van der Waals surface area contributed by atoms with Crippen molar-refractivity contribution in [2.45, 2.75) is 6.42 Å². The zero-order valence-corrected chi connectivity index (χ0v) is 8.91. The molecule has 0 radical (unpaired) electrons. The predicted molar refractivity (Wildman–Crippen MR) is 55.5 cm³/mol. The number of nitrogens with zero attached hydrogens (tertiary/aromatic N) is 3. The van der Waals surface area contributed by atoms with E-state index in [-0.39, 0.29) is 5.91 Å². The van der Waals surface area contributed by atoms with Gasteiger partial charge in [-0.2, -0.15) is 0 Å². The third-order valence-electron chi connectivity index (χ3n) is 2.05. The van der Waals surface area contributed by atoms with Gasteiger partial charge in [0.15, 0.2) is 4.96 Å². The van der Waals surface area contributed by atoms with Crippen LogP contribution >= 0.6 is 11.3 Å². The van der Waals surface area contributed by atoms with E-state index in [2.05, 4.69) is 4.98 Å². The van der Waals surface area contributed by atoms with E-state index in [1.807, 2.05) is 16.0 Å². The van der Waals surface area contributed by atoms with Gasteiger partial charge >= 0.3 is 0 Å². The van der Waals surface area contributed by atoms with Crippen molar-refractivity contribution in [2.75, 3.05) is 14.1 Å². The molecule has 0 saturated heterocycles. The molecule has 0 bridgehead atoms. The van der Waals surface area contributed by atoms with Crippen LogP contribution in [0.25, 0.3) is 4.96 Å². The van der Waals surface area contributed by atoms with Gasteiger partial charge in [0.25, 0.3) is 0 Å². The van der Waals surface area contributed by atoms with Gasteiger partial charge in [0.05, 0.1) is 6.42 Å². The minimum Gasteiger partial charge on any atom is -0.348 e. The van der Waals surface area contributed by atoms with Crippen LogP contribution in [0, 0.1) is 0 Å². The fraction of sp³-hybridized carbons (Fsp3) is 0.333. The molecule has 0 spiro atoms. The first kappa shape index (κ1) is 9.21. The van der Waals surface area contributed by atoms with E-state index in [1.165, 1.54) is 0 Å². The van der Waals surface area contributed by atoms with E-state index in [4.69, 9.17) is 0 Å². The fourth-order valence-corrected chi connectivity index (χ4v) is 2.06. The van der Waals surface area contributed by atoms with E-state index in [0.717, 1.165) is 10.7 Å². The number of carbonyl (C=O) groups is 1. The van der Waals surface area contributed by atoms with Crippen molar-refractivity contribution in [2.24, 2.45) is 0 Å². The fourth-order valence-electron chi connectivity index (χ4n) is 1.21. The van der Waals surface area contributed by atoms with E-state index in [0.29, 0.717) is 6.42 Å². The molecule has 0 atom stereocenters. The highest BCUT2D eigenvalue weighted by molar-refractivity contribution is 7.15. The smallest absolute Gasteiger partial charge is 0.228 e. The lowest BCUT2D eigenvalue weighted by Crippen LogP contribution is -2.23. The molecule has 0 unspecified atom stereocenters. The van der Waals surface area contributed by atoms with E-state index < -0.39 is 0 Å². The van der Waals surface area contributed by atoms with E-state index >= 15 is 0 Å². The normalized spacial score (nSPS) is 10.7. The maximum absolute atomic E-state index is 11.5. The Labute approximate surface area is 85.8 Å². The molecular formula is C9H11N3OS. The van der Waals surface area contributed by atoms with Crippen molar-refractivity contribution in [3.63, 3.8) is 0 Å². The number of thiazole rings is 1. The van der Waals surface area contributed by atoms with Crippen LogP contribution in [0.15, 0.2) is 17.8 Å². The highest BCUT2D eigenvalue weighted by atomic mass is 32.1. The number of likely N-dealkylation sites (N-methyl/N-ethyl adjacent to an activating group) is 1. The topological polar surface area (TPSA) is 37.6 Å². The molecule has 0 aliphatic heterocycles. The minimum absolute atomic E-state index is 0.110. The Hall–Kier alpha value is -1.36. The Kier molecular flexibility index (Phi) is 2.25. The van der Waals surface area contributed by atoms with E-state index in [9.17, 15) is 4.79 Å². The molecule has 14 heavy (non-hydrogen) atoms. The van der Waals surface area contributed by atoms with Crippen LogP contribution in [0.2, 0.25) is 0 Å². The Morgan fingerprint density at radius 1 is 1.64 bits per heavy atom. The maximum atomic E-state index is 11.5. The Bertz CT molecular complexity index is 457.